The number of methoxy groups -OCH3 is 1. The van der Waals surface area contributed by atoms with Crippen molar-refractivity contribution in [3.8, 4) is 11.5 Å². The number of ketones is 1. The van der Waals surface area contributed by atoms with Crippen molar-refractivity contribution in [2.45, 2.75) is 26.0 Å². The van der Waals surface area contributed by atoms with Gasteiger partial charge in [-0.25, -0.2) is 0 Å². The Bertz CT molecular complexity index is 1140. The molecule has 1 aliphatic rings. The molecule has 1 aromatic heterocycles. The van der Waals surface area contributed by atoms with Gasteiger partial charge >= 0.3 is 0 Å². The Hall–Kier alpha value is -4.00. The van der Waals surface area contributed by atoms with Gasteiger partial charge in [0.2, 0.25) is 0 Å². The van der Waals surface area contributed by atoms with Crippen LogP contribution in [0.4, 0.5) is 5.69 Å². The van der Waals surface area contributed by atoms with Crippen molar-refractivity contribution in [1.82, 2.24) is 0 Å². The molecule has 7 nitrogen and oxygen atoms in total. The summed E-state index contributed by atoms with van der Waals surface area (Å²) in [6, 6.07) is 15.9. The number of amides is 1. The molecular formula is C25H23NO6. The number of rotatable bonds is 6. The predicted molar refractivity (Wildman–Crippen MR) is 119 cm³/mol. The van der Waals surface area contributed by atoms with E-state index in [0.717, 1.165) is 0 Å². The first-order valence-corrected chi connectivity index (χ1v) is 10.2. The summed E-state index contributed by atoms with van der Waals surface area (Å²) in [5.41, 5.74) is 0.831. The average Bonchev–Trinajstić information content (AvgIpc) is 3.41. The summed E-state index contributed by atoms with van der Waals surface area (Å²) < 4.78 is 16.4. The monoisotopic (exact) mass is 433 g/mol. The van der Waals surface area contributed by atoms with E-state index in [2.05, 4.69) is 0 Å². The molecule has 1 unspecified atom stereocenters. The van der Waals surface area contributed by atoms with E-state index in [1.165, 1.54) is 18.3 Å². The Kier molecular flexibility index (Phi) is 5.73. The fourth-order valence-corrected chi connectivity index (χ4v) is 3.68. The maximum absolute atomic E-state index is 13.1. The molecule has 0 spiro atoms. The number of furan rings is 1. The van der Waals surface area contributed by atoms with Crippen molar-refractivity contribution in [1.29, 1.82) is 0 Å². The van der Waals surface area contributed by atoms with E-state index in [1.807, 2.05) is 13.8 Å². The van der Waals surface area contributed by atoms with Crippen LogP contribution in [-0.2, 0) is 9.59 Å². The van der Waals surface area contributed by atoms with Gasteiger partial charge in [0.05, 0.1) is 25.1 Å². The standard InChI is InChI=1S/C25H23NO6/c1-15(2)32-19-12-8-17(9-13-19)26-22(20-5-4-14-31-20)21(24(28)25(26)29)23(27)16-6-10-18(30-3)11-7-16/h4-15,22,27H,1-3H3/b23-21-. The molecule has 0 aliphatic carbocycles. The van der Waals surface area contributed by atoms with E-state index in [9.17, 15) is 14.7 Å². The Labute approximate surface area is 185 Å². The number of Topliss-reactive ketones (excluding diaryl/α,β-unsaturated/α-hetero) is 1. The second-order valence-corrected chi connectivity index (χ2v) is 7.57. The van der Waals surface area contributed by atoms with Crippen LogP contribution in [0.25, 0.3) is 5.76 Å². The smallest absolute Gasteiger partial charge is 0.300 e. The van der Waals surface area contributed by atoms with E-state index in [1.54, 1.807) is 60.7 Å². The van der Waals surface area contributed by atoms with Gasteiger partial charge in [0.25, 0.3) is 11.7 Å². The number of carbonyl (C=O) groups excluding carboxylic acids is 2. The van der Waals surface area contributed by atoms with Crippen LogP contribution >= 0.6 is 0 Å². The molecule has 0 radical (unpaired) electrons. The molecule has 0 saturated carbocycles. The van der Waals surface area contributed by atoms with Crippen molar-refractivity contribution < 1.29 is 28.6 Å². The van der Waals surface area contributed by atoms with Gasteiger partial charge in [0, 0.05) is 11.3 Å². The first kappa shape index (κ1) is 21.2. The van der Waals surface area contributed by atoms with E-state index in [4.69, 9.17) is 13.9 Å². The van der Waals surface area contributed by atoms with Crippen molar-refractivity contribution in [3.05, 3.63) is 83.8 Å². The van der Waals surface area contributed by atoms with E-state index in [-0.39, 0.29) is 17.4 Å². The van der Waals surface area contributed by atoms with Gasteiger partial charge in [-0.3, -0.25) is 14.5 Å². The second-order valence-electron chi connectivity index (χ2n) is 7.57. The molecule has 1 aliphatic heterocycles. The highest BCUT2D eigenvalue weighted by Crippen LogP contribution is 2.42. The Morgan fingerprint density at radius 2 is 1.66 bits per heavy atom. The van der Waals surface area contributed by atoms with E-state index >= 15 is 0 Å². The van der Waals surface area contributed by atoms with Gasteiger partial charge in [-0.2, -0.15) is 0 Å². The van der Waals surface area contributed by atoms with Crippen LogP contribution in [0.3, 0.4) is 0 Å². The number of aliphatic hydroxyl groups excluding tert-OH is 1. The van der Waals surface area contributed by atoms with Gasteiger partial charge in [-0.15, -0.1) is 0 Å². The zero-order valence-corrected chi connectivity index (χ0v) is 17.9. The van der Waals surface area contributed by atoms with Crippen molar-refractivity contribution in [2.75, 3.05) is 12.0 Å². The van der Waals surface area contributed by atoms with Crippen LogP contribution in [0.2, 0.25) is 0 Å². The van der Waals surface area contributed by atoms with Gasteiger partial charge in [0.15, 0.2) is 0 Å². The topological polar surface area (TPSA) is 89.2 Å². The molecule has 3 aromatic rings. The predicted octanol–water partition coefficient (Wildman–Crippen LogP) is 4.70. The average molecular weight is 433 g/mol. The summed E-state index contributed by atoms with van der Waals surface area (Å²) in [6.45, 7) is 3.84. The minimum atomic E-state index is -0.913. The van der Waals surface area contributed by atoms with Crippen molar-refractivity contribution in [2.24, 2.45) is 0 Å². The maximum Gasteiger partial charge on any atom is 0.300 e. The molecule has 1 N–H and O–H groups in total. The minimum Gasteiger partial charge on any atom is -0.507 e. The summed E-state index contributed by atoms with van der Waals surface area (Å²) in [5.74, 6) is -0.209. The Balaban J connectivity index is 1.81. The summed E-state index contributed by atoms with van der Waals surface area (Å²) in [7, 11) is 1.54. The number of carbonyl (C=O) groups is 2. The highest BCUT2D eigenvalue weighted by molar-refractivity contribution is 6.51. The normalized spacial score (nSPS) is 17.8. The number of hydrogen-bond acceptors (Lipinski definition) is 6. The molecule has 1 saturated heterocycles. The summed E-state index contributed by atoms with van der Waals surface area (Å²) in [5, 5.41) is 11.0. The lowest BCUT2D eigenvalue weighted by Crippen LogP contribution is -2.29. The van der Waals surface area contributed by atoms with Crippen LogP contribution in [0, 0.1) is 0 Å². The van der Waals surface area contributed by atoms with Gasteiger partial charge in [-0.1, -0.05) is 0 Å². The lowest BCUT2D eigenvalue weighted by molar-refractivity contribution is -0.132. The van der Waals surface area contributed by atoms with Gasteiger partial charge in [-0.05, 0) is 74.5 Å². The van der Waals surface area contributed by atoms with E-state index < -0.39 is 17.7 Å². The third-order valence-corrected chi connectivity index (χ3v) is 5.11. The van der Waals surface area contributed by atoms with Crippen molar-refractivity contribution >= 4 is 23.1 Å². The zero-order valence-electron chi connectivity index (χ0n) is 17.9. The molecule has 2 heterocycles. The zero-order chi connectivity index (χ0) is 22.8. The van der Waals surface area contributed by atoms with Crippen LogP contribution in [0.15, 0.2) is 76.9 Å². The van der Waals surface area contributed by atoms with Gasteiger partial charge < -0.3 is 19.0 Å². The maximum atomic E-state index is 13.1. The first-order valence-electron chi connectivity index (χ1n) is 10.2. The first-order chi connectivity index (χ1) is 15.4. The third kappa shape index (κ3) is 3.85. The van der Waals surface area contributed by atoms with E-state index in [0.29, 0.717) is 28.5 Å². The quantitative estimate of drug-likeness (QED) is 0.344. The summed E-state index contributed by atoms with van der Waals surface area (Å²) in [6.07, 6.45) is 1.46. The number of anilines is 1. The van der Waals surface area contributed by atoms with Crippen LogP contribution in [0.1, 0.15) is 31.2 Å². The second kappa shape index (κ2) is 8.63. The highest BCUT2D eigenvalue weighted by Gasteiger charge is 2.48. The lowest BCUT2D eigenvalue weighted by atomic mass is 9.99. The molecular weight excluding hydrogens is 410 g/mol. The highest BCUT2D eigenvalue weighted by atomic mass is 16.5. The molecule has 1 amide bonds. The largest absolute Gasteiger partial charge is 0.507 e. The summed E-state index contributed by atoms with van der Waals surface area (Å²) in [4.78, 5) is 27.4. The Morgan fingerprint density at radius 3 is 2.22 bits per heavy atom. The molecule has 32 heavy (non-hydrogen) atoms. The fraction of sp³-hybridized carbons (Fsp3) is 0.200. The molecule has 4 rings (SSSR count). The molecule has 7 heteroatoms. The number of hydrogen-bond donors (Lipinski definition) is 1. The molecule has 0 bridgehead atoms. The number of ether oxygens (including phenoxy) is 2. The number of aliphatic hydroxyl groups is 1. The Morgan fingerprint density at radius 1 is 1.00 bits per heavy atom. The molecule has 1 atom stereocenters. The van der Waals surface area contributed by atoms with Gasteiger partial charge in [0.1, 0.15) is 29.1 Å². The number of benzene rings is 2. The molecule has 1 fully saturated rings. The van der Waals surface area contributed by atoms with Crippen LogP contribution < -0.4 is 14.4 Å². The van der Waals surface area contributed by atoms with Crippen molar-refractivity contribution in [3.63, 3.8) is 0 Å². The van der Waals surface area contributed by atoms with Crippen LogP contribution in [0.5, 0.6) is 11.5 Å². The summed E-state index contributed by atoms with van der Waals surface area (Å²) >= 11 is 0. The number of nitrogens with zero attached hydrogens (tertiary/aromatic N) is 1. The SMILES string of the molecule is COc1ccc(/C(O)=C2/C(=O)C(=O)N(c3ccc(OC(C)C)cc3)C2c2ccco2)cc1. The molecule has 164 valence electrons. The van der Waals surface area contributed by atoms with Crippen LogP contribution in [-0.4, -0.2) is 30.0 Å². The third-order valence-electron chi connectivity index (χ3n) is 5.11. The molecule has 2 aromatic carbocycles. The minimum absolute atomic E-state index is 0.00249. The fourth-order valence-electron chi connectivity index (χ4n) is 3.68. The lowest BCUT2D eigenvalue weighted by Gasteiger charge is -2.23.